The van der Waals surface area contributed by atoms with E-state index in [9.17, 15) is 47.1 Å². The molecule has 0 radical (unpaired) electrons. The van der Waals surface area contributed by atoms with Gasteiger partial charge in [-0.2, -0.15) is 8.42 Å². The lowest BCUT2D eigenvalue weighted by molar-refractivity contribution is -0.225. The van der Waals surface area contributed by atoms with Crippen LogP contribution in [0.4, 0.5) is 0 Å². The molecule has 20 heteroatoms. The molecule has 12 aliphatic rings. The Kier molecular flexibility index (Phi) is 21.0. The second-order valence-electron chi connectivity index (χ2n) is 29.5. The standard InChI is InChI=1S/C18H26O6.C16H26O3.C15H22O7S.C15H28O3/c1-4-18(2,3)17(21)22-9-14(19)24-15-11-5-10-6-12(8-11)16(20)23-13(15)7-10;1-4-14(2,3)13(17)19-16-8-11-5-12(9-16)7-15(18,6-11)10-16;1-4-15(2,3)14(17)20-7-11(16)21-12-8-5-9-10(6-8)23(18,19)22-13(9)12;1-6-14(3,4)13(16)18-15(9-7-8-10-15)12(2)11-17-5/h10-13,15H,4-9H2,1-3H3;11-12,18H,4-10H2,1-3H3;8-10,12-13H,4-7H2,1-3H3;12H,6-11H2,1-5H3. The van der Waals surface area contributed by atoms with Crippen molar-refractivity contribution in [1.29, 1.82) is 0 Å². The van der Waals surface area contributed by atoms with Crippen molar-refractivity contribution >= 4 is 51.9 Å². The molecule has 10 bridgehead atoms. The van der Waals surface area contributed by atoms with E-state index in [1.807, 2.05) is 55.4 Å². The van der Waals surface area contributed by atoms with Gasteiger partial charge in [0.05, 0.1) is 45.0 Å². The summed E-state index contributed by atoms with van der Waals surface area (Å²) in [7, 11) is -1.82. The van der Waals surface area contributed by atoms with Crippen molar-refractivity contribution in [3.8, 4) is 0 Å². The number of hydrogen-bond donors (Lipinski definition) is 1. The normalized spacial score (nSPS) is 34.4. The highest BCUT2D eigenvalue weighted by atomic mass is 32.2. The molecule has 84 heavy (non-hydrogen) atoms. The summed E-state index contributed by atoms with van der Waals surface area (Å²) in [5.74, 6) is -0.453. The molecule has 13 unspecified atom stereocenters. The second-order valence-corrected chi connectivity index (χ2v) is 31.3. The van der Waals surface area contributed by atoms with Gasteiger partial charge in [0, 0.05) is 37.2 Å². The van der Waals surface area contributed by atoms with Crippen LogP contribution in [0.1, 0.15) is 218 Å². The van der Waals surface area contributed by atoms with Gasteiger partial charge in [0.1, 0.15) is 35.6 Å². The maximum atomic E-state index is 12.4. The van der Waals surface area contributed by atoms with Crippen LogP contribution in [0.25, 0.3) is 0 Å². The molecule has 13 atom stereocenters. The minimum atomic E-state index is -3.53. The molecule has 0 aromatic carbocycles. The monoisotopic (exact) mass is 1210 g/mol. The zero-order chi connectivity index (χ0) is 62.2. The fourth-order valence-corrected chi connectivity index (χ4v) is 16.9. The van der Waals surface area contributed by atoms with Gasteiger partial charge in [-0.15, -0.1) is 0 Å². The third-order valence-corrected chi connectivity index (χ3v) is 23.3. The van der Waals surface area contributed by atoms with Crippen LogP contribution in [0.2, 0.25) is 0 Å². The molecule has 478 valence electrons. The summed E-state index contributed by atoms with van der Waals surface area (Å²) in [4.78, 5) is 84.5. The van der Waals surface area contributed by atoms with Crippen molar-refractivity contribution in [1.82, 2.24) is 0 Å². The number of carbonyl (C=O) groups excluding carboxylic acids is 7. The zero-order valence-electron chi connectivity index (χ0n) is 53.0. The summed E-state index contributed by atoms with van der Waals surface area (Å²) in [5.41, 5.74) is -3.27. The van der Waals surface area contributed by atoms with Crippen molar-refractivity contribution in [3.63, 3.8) is 0 Å². The van der Waals surface area contributed by atoms with Gasteiger partial charge in [-0.3, -0.25) is 28.2 Å². The Bertz CT molecular complexity index is 2500. The highest BCUT2D eigenvalue weighted by Crippen LogP contribution is 2.60. The number of rotatable bonds is 19. The van der Waals surface area contributed by atoms with E-state index in [0.29, 0.717) is 56.5 Å². The number of aliphatic hydroxyl groups is 1. The highest BCUT2D eigenvalue weighted by molar-refractivity contribution is 7.87. The molecular formula is C64H102O19S. The molecule has 0 spiro atoms. The molecule has 0 aromatic rings. The van der Waals surface area contributed by atoms with E-state index < -0.39 is 86.0 Å². The van der Waals surface area contributed by atoms with Crippen LogP contribution in [-0.2, 0) is 85.8 Å². The van der Waals surface area contributed by atoms with Crippen LogP contribution in [0.15, 0.2) is 0 Å². The van der Waals surface area contributed by atoms with Gasteiger partial charge < -0.3 is 43.0 Å². The summed E-state index contributed by atoms with van der Waals surface area (Å²) in [6.07, 6.45) is 15.4. The Morgan fingerprint density at radius 1 is 0.631 bits per heavy atom. The van der Waals surface area contributed by atoms with Crippen molar-refractivity contribution in [3.05, 3.63) is 0 Å². The van der Waals surface area contributed by atoms with E-state index in [1.165, 1.54) is 6.42 Å². The lowest BCUT2D eigenvalue weighted by atomic mass is 9.52. The van der Waals surface area contributed by atoms with Crippen molar-refractivity contribution in [2.45, 2.75) is 265 Å². The molecule has 12 rings (SSSR count). The summed E-state index contributed by atoms with van der Waals surface area (Å²) >= 11 is 0. The number of hydrogen-bond acceptors (Lipinski definition) is 19. The van der Waals surface area contributed by atoms with Gasteiger partial charge in [-0.05, 0) is 195 Å². The molecule has 12 fully saturated rings. The molecule has 0 aromatic heterocycles. The van der Waals surface area contributed by atoms with E-state index in [0.717, 1.165) is 89.9 Å². The fraction of sp³-hybridized carbons (Fsp3) is 0.891. The molecule has 9 saturated carbocycles. The minimum Gasteiger partial charge on any atom is -0.459 e. The van der Waals surface area contributed by atoms with Crippen LogP contribution >= 0.6 is 0 Å². The van der Waals surface area contributed by atoms with E-state index in [1.54, 1.807) is 34.8 Å². The SMILES string of the molecule is CCC(C)(C)C(=O)OC1(C(C)COC)CCCC1.CCC(C)(C)C(=O)OC12CC3CC(CC(O)(C3)C1)C2.CCC(C)(C)C(=O)OCC(=O)OC1C2CC3C1OS(=O)(=O)C3C2.CCC(C)(C)C(=O)OCC(=O)OC1C2CC3CC(C2)C(=O)OC1C3. The Balaban J connectivity index is 0.000000162. The third kappa shape index (κ3) is 15.2. The molecule has 9 aliphatic carbocycles. The van der Waals surface area contributed by atoms with Gasteiger partial charge in [0.25, 0.3) is 10.1 Å². The summed E-state index contributed by atoms with van der Waals surface area (Å²) in [5, 5.41) is 10.2. The summed E-state index contributed by atoms with van der Waals surface area (Å²) < 4.78 is 72.5. The van der Waals surface area contributed by atoms with Crippen molar-refractivity contribution in [2.75, 3.05) is 26.9 Å². The number of ether oxygens (including phenoxy) is 8. The van der Waals surface area contributed by atoms with Crippen LogP contribution in [-0.4, -0.2) is 129 Å². The first-order chi connectivity index (χ1) is 39.1. The first-order valence-electron chi connectivity index (χ1n) is 31.6. The molecular weight excluding hydrogens is 1100 g/mol. The molecule has 0 amide bonds. The van der Waals surface area contributed by atoms with E-state index >= 15 is 0 Å². The van der Waals surface area contributed by atoms with Crippen LogP contribution < -0.4 is 0 Å². The van der Waals surface area contributed by atoms with Gasteiger partial charge in [0.2, 0.25) is 0 Å². The average molecular weight is 1210 g/mol. The van der Waals surface area contributed by atoms with Crippen molar-refractivity contribution < 1.29 is 89.2 Å². The van der Waals surface area contributed by atoms with Crippen LogP contribution in [0.5, 0.6) is 0 Å². The first kappa shape index (κ1) is 67.6. The largest absolute Gasteiger partial charge is 0.459 e. The van der Waals surface area contributed by atoms with Gasteiger partial charge in [-0.1, -0.05) is 34.6 Å². The van der Waals surface area contributed by atoms with Gasteiger partial charge >= 0.3 is 41.8 Å². The third-order valence-electron chi connectivity index (χ3n) is 21.5. The van der Waals surface area contributed by atoms with E-state index in [-0.39, 0.29) is 76.8 Å². The summed E-state index contributed by atoms with van der Waals surface area (Å²) in [6, 6.07) is 0. The topological polar surface area (TPSA) is 257 Å². The predicted octanol–water partition coefficient (Wildman–Crippen LogP) is 9.86. The van der Waals surface area contributed by atoms with Gasteiger partial charge in [0.15, 0.2) is 13.2 Å². The number of esters is 7. The average Bonchev–Trinajstić information content (AvgIpc) is 4.32. The molecule has 3 aliphatic heterocycles. The predicted molar refractivity (Wildman–Crippen MR) is 307 cm³/mol. The molecule has 19 nitrogen and oxygen atoms in total. The second kappa shape index (κ2) is 26.1. The Morgan fingerprint density at radius 3 is 1.64 bits per heavy atom. The Hall–Kier alpha value is -3.88. The number of carbonyl (C=O) groups is 7. The molecule has 3 heterocycles. The minimum absolute atomic E-state index is 0.0130. The van der Waals surface area contributed by atoms with Crippen LogP contribution in [0.3, 0.4) is 0 Å². The lowest BCUT2D eigenvalue weighted by Gasteiger charge is -2.59. The molecule has 1 N–H and O–H groups in total. The number of fused-ring (bicyclic) bond motifs is 2. The maximum absolute atomic E-state index is 12.4. The Labute approximate surface area is 499 Å². The quantitative estimate of drug-likeness (QED) is 0.0716. The Morgan fingerprint density at radius 2 is 1.13 bits per heavy atom. The highest BCUT2D eigenvalue weighted by Gasteiger charge is 2.66. The fourth-order valence-electron chi connectivity index (χ4n) is 15.0. The van der Waals surface area contributed by atoms with E-state index in [4.69, 9.17) is 42.1 Å². The smallest absolute Gasteiger partial charge is 0.344 e. The summed E-state index contributed by atoms with van der Waals surface area (Å²) in [6.45, 7) is 24.6. The van der Waals surface area contributed by atoms with Crippen LogP contribution in [0, 0.1) is 69.0 Å². The maximum Gasteiger partial charge on any atom is 0.344 e. The van der Waals surface area contributed by atoms with Crippen molar-refractivity contribution in [2.24, 2.45) is 69.0 Å². The van der Waals surface area contributed by atoms with E-state index in [2.05, 4.69) is 6.92 Å². The van der Waals surface area contributed by atoms with Gasteiger partial charge in [-0.25, -0.2) is 9.59 Å². The first-order valence-corrected chi connectivity index (χ1v) is 33.1. The molecule has 3 saturated heterocycles. The lowest BCUT2D eigenvalue weighted by Crippen LogP contribution is -2.61. The zero-order valence-corrected chi connectivity index (χ0v) is 53.8. The number of methoxy groups -OCH3 is 1.